The predicted molar refractivity (Wildman–Crippen MR) is 97.8 cm³/mol. The maximum absolute atomic E-state index is 14.0. The summed E-state index contributed by atoms with van der Waals surface area (Å²) >= 11 is 7.16. The fraction of sp³-hybridized carbons (Fsp3) is 0.167. The van der Waals surface area contributed by atoms with Crippen LogP contribution in [0.15, 0.2) is 47.5 Å². The first-order valence-electron chi connectivity index (χ1n) is 7.78. The minimum absolute atomic E-state index is 0.0168. The lowest BCUT2D eigenvalue weighted by Crippen LogP contribution is -2.23. The quantitative estimate of drug-likeness (QED) is 0.634. The molecule has 1 aromatic heterocycles. The average Bonchev–Trinajstić information content (AvgIpc) is 2.92. The van der Waals surface area contributed by atoms with E-state index in [9.17, 15) is 14.0 Å². The van der Waals surface area contributed by atoms with Gasteiger partial charge in [0.1, 0.15) is 12.4 Å². The van der Waals surface area contributed by atoms with Gasteiger partial charge in [0.05, 0.1) is 27.4 Å². The fourth-order valence-corrected chi connectivity index (χ4v) is 3.71. The standard InChI is InChI=1S/C18H14ClFN2O3S/c1-2-25-15(23)10-22-13-8-3-4-9-14(13)26-18(22)21-17(24)16-11(19)6-5-7-12(16)20/h3-9H,2,10H2,1H3. The molecule has 0 radical (unpaired) electrons. The molecule has 2 aromatic carbocycles. The summed E-state index contributed by atoms with van der Waals surface area (Å²) in [5, 5.41) is -0.0168. The number of nitrogens with zero attached hydrogens (tertiary/aromatic N) is 2. The summed E-state index contributed by atoms with van der Waals surface area (Å²) in [5.41, 5.74) is 0.436. The van der Waals surface area contributed by atoms with Gasteiger partial charge >= 0.3 is 5.97 Å². The number of hydrogen-bond acceptors (Lipinski definition) is 4. The monoisotopic (exact) mass is 392 g/mol. The molecule has 0 spiro atoms. The second-order valence-electron chi connectivity index (χ2n) is 5.26. The lowest BCUT2D eigenvalue weighted by Gasteiger charge is -2.05. The predicted octanol–water partition coefficient (Wildman–Crippen LogP) is 3.80. The van der Waals surface area contributed by atoms with Crippen LogP contribution < -0.4 is 4.80 Å². The molecule has 134 valence electrons. The van der Waals surface area contributed by atoms with Gasteiger partial charge in [0.2, 0.25) is 0 Å². The van der Waals surface area contributed by atoms with Gasteiger partial charge in [0.25, 0.3) is 5.91 Å². The molecule has 0 fully saturated rings. The molecule has 0 aliphatic rings. The number of rotatable bonds is 4. The Hall–Kier alpha value is -2.51. The Labute approximate surface area is 157 Å². The number of thiazole rings is 1. The van der Waals surface area contributed by atoms with Crippen LogP contribution in [0.3, 0.4) is 0 Å². The van der Waals surface area contributed by atoms with E-state index in [1.165, 1.54) is 23.5 Å². The number of aromatic nitrogens is 1. The molecule has 0 unspecified atom stereocenters. The minimum atomic E-state index is -0.808. The summed E-state index contributed by atoms with van der Waals surface area (Å²) in [5.74, 6) is -2.00. The van der Waals surface area contributed by atoms with E-state index >= 15 is 0 Å². The Balaban J connectivity index is 2.13. The van der Waals surface area contributed by atoms with Crippen LogP contribution in [0.25, 0.3) is 10.2 Å². The highest BCUT2D eigenvalue weighted by Gasteiger charge is 2.17. The van der Waals surface area contributed by atoms with Crippen molar-refractivity contribution in [3.05, 3.63) is 63.7 Å². The van der Waals surface area contributed by atoms with Crippen molar-refractivity contribution in [3.63, 3.8) is 0 Å². The van der Waals surface area contributed by atoms with E-state index in [1.54, 1.807) is 11.5 Å². The van der Waals surface area contributed by atoms with Gasteiger partial charge in [-0.25, -0.2) is 4.39 Å². The molecule has 26 heavy (non-hydrogen) atoms. The van der Waals surface area contributed by atoms with Crippen LogP contribution in [0.4, 0.5) is 4.39 Å². The van der Waals surface area contributed by atoms with Crippen LogP contribution in [-0.2, 0) is 16.1 Å². The van der Waals surface area contributed by atoms with Gasteiger partial charge in [-0.3, -0.25) is 9.59 Å². The van der Waals surface area contributed by atoms with Crippen LogP contribution in [0, 0.1) is 5.82 Å². The zero-order chi connectivity index (χ0) is 18.7. The Kier molecular flexibility index (Phi) is 5.49. The van der Waals surface area contributed by atoms with Crippen molar-refractivity contribution in [2.45, 2.75) is 13.5 Å². The van der Waals surface area contributed by atoms with Crippen molar-refractivity contribution in [2.75, 3.05) is 6.61 Å². The van der Waals surface area contributed by atoms with Crippen LogP contribution in [-0.4, -0.2) is 23.1 Å². The van der Waals surface area contributed by atoms with Crippen molar-refractivity contribution in [1.29, 1.82) is 0 Å². The molecule has 3 aromatic rings. The number of carbonyl (C=O) groups is 2. The van der Waals surface area contributed by atoms with E-state index in [2.05, 4.69) is 4.99 Å². The molecule has 1 heterocycles. The Morgan fingerprint density at radius 2 is 2.00 bits per heavy atom. The largest absolute Gasteiger partial charge is 0.465 e. The highest BCUT2D eigenvalue weighted by atomic mass is 35.5. The van der Waals surface area contributed by atoms with E-state index in [0.717, 1.165) is 16.3 Å². The topological polar surface area (TPSA) is 60.7 Å². The number of fused-ring (bicyclic) bond motifs is 1. The third-order valence-corrected chi connectivity index (χ3v) is 4.93. The summed E-state index contributed by atoms with van der Waals surface area (Å²) in [4.78, 5) is 28.7. The summed E-state index contributed by atoms with van der Waals surface area (Å²) in [7, 11) is 0. The van der Waals surface area contributed by atoms with Gasteiger partial charge in [-0.2, -0.15) is 4.99 Å². The van der Waals surface area contributed by atoms with E-state index in [-0.39, 0.29) is 28.5 Å². The van der Waals surface area contributed by atoms with E-state index in [0.29, 0.717) is 0 Å². The molecule has 0 aliphatic carbocycles. The lowest BCUT2D eigenvalue weighted by molar-refractivity contribution is -0.143. The van der Waals surface area contributed by atoms with Crippen LogP contribution >= 0.6 is 22.9 Å². The zero-order valence-electron chi connectivity index (χ0n) is 13.7. The summed E-state index contributed by atoms with van der Waals surface area (Å²) in [6.45, 7) is 1.86. The lowest BCUT2D eigenvalue weighted by atomic mass is 10.2. The smallest absolute Gasteiger partial charge is 0.326 e. The van der Waals surface area contributed by atoms with Crippen molar-refractivity contribution < 1.29 is 18.7 Å². The normalized spacial score (nSPS) is 11.7. The molecular formula is C18H14ClFN2O3S. The SMILES string of the molecule is CCOC(=O)Cn1c(=NC(=O)c2c(F)cccc2Cl)sc2ccccc21. The molecule has 0 N–H and O–H groups in total. The minimum Gasteiger partial charge on any atom is -0.465 e. The van der Waals surface area contributed by atoms with Gasteiger partial charge in [-0.05, 0) is 31.2 Å². The highest BCUT2D eigenvalue weighted by Crippen LogP contribution is 2.21. The van der Waals surface area contributed by atoms with Crippen LogP contribution in [0.2, 0.25) is 5.02 Å². The van der Waals surface area contributed by atoms with E-state index < -0.39 is 17.7 Å². The van der Waals surface area contributed by atoms with Crippen molar-refractivity contribution >= 4 is 45.0 Å². The number of para-hydroxylation sites is 1. The number of halogens is 2. The van der Waals surface area contributed by atoms with E-state index in [1.807, 2.05) is 24.3 Å². The number of carbonyl (C=O) groups excluding carboxylic acids is 2. The molecule has 0 atom stereocenters. The molecule has 5 nitrogen and oxygen atoms in total. The summed E-state index contributed by atoms with van der Waals surface area (Å²) < 4.78 is 21.4. The molecule has 1 amide bonds. The Bertz CT molecular complexity index is 1040. The van der Waals surface area contributed by atoms with E-state index in [4.69, 9.17) is 16.3 Å². The number of esters is 1. The van der Waals surface area contributed by atoms with Crippen molar-refractivity contribution in [3.8, 4) is 0 Å². The van der Waals surface area contributed by atoms with Gasteiger partial charge in [-0.1, -0.05) is 41.1 Å². The maximum Gasteiger partial charge on any atom is 0.326 e. The first-order valence-corrected chi connectivity index (χ1v) is 8.97. The number of hydrogen-bond donors (Lipinski definition) is 0. The van der Waals surface area contributed by atoms with Crippen molar-refractivity contribution in [1.82, 2.24) is 4.57 Å². The van der Waals surface area contributed by atoms with Crippen LogP contribution in [0.1, 0.15) is 17.3 Å². The van der Waals surface area contributed by atoms with Crippen LogP contribution in [0.5, 0.6) is 0 Å². The zero-order valence-corrected chi connectivity index (χ0v) is 15.3. The first-order chi connectivity index (χ1) is 12.5. The summed E-state index contributed by atoms with van der Waals surface area (Å²) in [6, 6.07) is 11.3. The molecule has 0 saturated heterocycles. The first kappa shape index (κ1) is 18.3. The molecule has 0 bridgehead atoms. The second kappa shape index (κ2) is 7.80. The van der Waals surface area contributed by atoms with Crippen molar-refractivity contribution in [2.24, 2.45) is 4.99 Å². The number of amides is 1. The van der Waals surface area contributed by atoms with Gasteiger partial charge < -0.3 is 9.30 Å². The van der Waals surface area contributed by atoms with Gasteiger partial charge in [-0.15, -0.1) is 0 Å². The molecule has 0 aliphatic heterocycles. The second-order valence-corrected chi connectivity index (χ2v) is 6.67. The molecule has 0 saturated carbocycles. The van der Waals surface area contributed by atoms with Gasteiger partial charge in [0.15, 0.2) is 4.80 Å². The number of benzene rings is 2. The number of ether oxygens (including phenoxy) is 1. The Morgan fingerprint density at radius 1 is 1.23 bits per heavy atom. The third-order valence-electron chi connectivity index (χ3n) is 3.55. The Morgan fingerprint density at radius 3 is 2.73 bits per heavy atom. The third kappa shape index (κ3) is 3.68. The average molecular weight is 393 g/mol. The molecule has 8 heteroatoms. The maximum atomic E-state index is 14.0. The van der Waals surface area contributed by atoms with Gasteiger partial charge in [0, 0.05) is 0 Å². The fourth-order valence-electron chi connectivity index (χ4n) is 2.44. The summed E-state index contributed by atoms with van der Waals surface area (Å²) in [6.07, 6.45) is 0. The molecular weight excluding hydrogens is 379 g/mol. The highest BCUT2D eigenvalue weighted by molar-refractivity contribution is 7.16. The molecule has 3 rings (SSSR count).